The van der Waals surface area contributed by atoms with E-state index in [9.17, 15) is 4.79 Å². The zero-order chi connectivity index (χ0) is 24.4. The van der Waals surface area contributed by atoms with Crippen molar-refractivity contribution in [1.29, 1.82) is 0 Å². The van der Waals surface area contributed by atoms with Gasteiger partial charge < -0.3 is 9.30 Å². The standard InChI is InChI=1S/C28H23ClN2O2S2/c1-19-15-22(29)11-12-25(19)33-14-13-30-18-21(23-9-5-6-10-24(23)30)16-26-27(32)31(28(34)35-26)17-20-7-3-2-4-8-20/h2-12,15-16,18H,13-14,17H2,1H3/b26-16-. The van der Waals surface area contributed by atoms with Gasteiger partial charge in [0.2, 0.25) is 0 Å². The van der Waals surface area contributed by atoms with Crippen molar-refractivity contribution in [2.45, 2.75) is 20.0 Å². The molecule has 1 fully saturated rings. The SMILES string of the molecule is Cc1cc(Cl)ccc1OCCn1cc(/C=C2\SC(=S)N(Cc3ccccc3)C2=O)c2ccccc21. The summed E-state index contributed by atoms with van der Waals surface area (Å²) in [4.78, 5) is 15.5. The molecule has 0 aliphatic carbocycles. The number of aromatic nitrogens is 1. The molecule has 0 spiro atoms. The number of hydrogen-bond acceptors (Lipinski definition) is 4. The molecule has 4 aromatic rings. The van der Waals surface area contributed by atoms with Gasteiger partial charge in [-0.1, -0.05) is 84.1 Å². The number of benzene rings is 3. The second kappa shape index (κ2) is 10.3. The zero-order valence-corrected chi connectivity index (χ0v) is 21.5. The number of amides is 1. The van der Waals surface area contributed by atoms with Crippen LogP contribution in [0.3, 0.4) is 0 Å². The van der Waals surface area contributed by atoms with Gasteiger partial charge in [-0.2, -0.15) is 0 Å². The lowest BCUT2D eigenvalue weighted by molar-refractivity contribution is -0.122. The summed E-state index contributed by atoms with van der Waals surface area (Å²) in [7, 11) is 0. The third-order valence-electron chi connectivity index (χ3n) is 5.89. The van der Waals surface area contributed by atoms with Crippen molar-refractivity contribution < 1.29 is 9.53 Å². The monoisotopic (exact) mass is 518 g/mol. The molecule has 0 bridgehead atoms. The van der Waals surface area contributed by atoms with Gasteiger partial charge in [0.1, 0.15) is 16.7 Å². The van der Waals surface area contributed by atoms with Gasteiger partial charge >= 0.3 is 0 Å². The number of para-hydroxylation sites is 1. The molecule has 0 atom stereocenters. The van der Waals surface area contributed by atoms with Crippen molar-refractivity contribution in [2.75, 3.05) is 6.61 Å². The maximum Gasteiger partial charge on any atom is 0.266 e. The van der Waals surface area contributed by atoms with Crippen LogP contribution in [0.25, 0.3) is 17.0 Å². The van der Waals surface area contributed by atoms with Gasteiger partial charge in [0.15, 0.2) is 0 Å². The Morgan fingerprint density at radius 2 is 1.83 bits per heavy atom. The Kier molecular flexibility index (Phi) is 6.95. The average Bonchev–Trinajstić information content (AvgIpc) is 3.33. The molecule has 3 aromatic carbocycles. The fraction of sp³-hybridized carbons (Fsp3) is 0.143. The predicted octanol–water partition coefficient (Wildman–Crippen LogP) is 7.08. The molecule has 1 aliphatic rings. The number of nitrogens with zero attached hydrogens (tertiary/aromatic N) is 2. The molecule has 0 radical (unpaired) electrons. The normalized spacial score (nSPS) is 14.9. The molecular formula is C28H23ClN2O2S2. The number of carbonyl (C=O) groups is 1. The molecular weight excluding hydrogens is 496 g/mol. The Morgan fingerprint density at radius 3 is 2.63 bits per heavy atom. The third kappa shape index (κ3) is 5.15. The molecule has 1 saturated heterocycles. The predicted molar refractivity (Wildman–Crippen MR) is 149 cm³/mol. The highest BCUT2D eigenvalue weighted by atomic mass is 35.5. The molecule has 35 heavy (non-hydrogen) atoms. The first-order chi connectivity index (χ1) is 17.0. The van der Waals surface area contributed by atoms with E-state index in [0.29, 0.717) is 33.9 Å². The van der Waals surface area contributed by atoms with Crippen LogP contribution in [0.2, 0.25) is 5.02 Å². The topological polar surface area (TPSA) is 34.5 Å². The van der Waals surface area contributed by atoms with Crippen molar-refractivity contribution in [3.63, 3.8) is 0 Å². The number of carbonyl (C=O) groups excluding carboxylic acids is 1. The summed E-state index contributed by atoms with van der Waals surface area (Å²) in [6, 6.07) is 23.7. The van der Waals surface area contributed by atoms with Crippen molar-refractivity contribution in [3.8, 4) is 5.75 Å². The van der Waals surface area contributed by atoms with E-state index in [1.165, 1.54) is 11.8 Å². The number of hydrogen-bond donors (Lipinski definition) is 0. The Bertz CT molecular complexity index is 1450. The highest BCUT2D eigenvalue weighted by Crippen LogP contribution is 2.35. The fourth-order valence-corrected chi connectivity index (χ4v) is 5.62. The molecule has 0 unspecified atom stereocenters. The summed E-state index contributed by atoms with van der Waals surface area (Å²) in [5.41, 5.74) is 4.14. The van der Waals surface area contributed by atoms with Crippen molar-refractivity contribution in [2.24, 2.45) is 0 Å². The van der Waals surface area contributed by atoms with Crippen LogP contribution in [0.4, 0.5) is 0 Å². The summed E-state index contributed by atoms with van der Waals surface area (Å²) >= 11 is 12.9. The minimum atomic E-state index is -0.0535. The summed E-state index contributed by atoms with van der Waals surface area (Å²) in [6.45, 7) is 3.65. The van der Waals surface area contributed by atoms with Gasteiger partial charge in [0, 0.05) is 27.7 Å². The molecule has 7 heteroatoms. The van der Waals surface area contributed by atoms with E-state index >= 15 is 0 Å². The van der Waals surface area contributed by atoms with Crippen molar-refractivity contribution in [3.05, 3.63) is 106 Å². The van der Waals surface area contributed by atoms with Gasteiger partial charge in [-0.05, 0) is 48.4 Å². The van der Waals surface area contributed by atoms with E-state index in [-0.39, 0.29) is 5.91 Å². The van der Waals surface area contributed by atoms with E-state index in [4.69, 9.17) is 28.6 Å². The minimum absolute atomic E-state index is 0.0535. The fourth-order valence-electron chi connectivity index (χ4n) is 4.15. The van der Waals surface area contributed by atoms with E-state index in [2.05, 4.69) is 22.9 Å². The van der Waals surface area contributed by atoms with Crippen LogP contribution < -0.4 is 4.74 Å². The second-order valence-corrected chi connectivity index (χ2v) is 10.4. The first-order valence-corrected chi connectivity index (χ1v) is 12.9. The van der Waals surface area contributed by atoms with Crippen molar-refractivity contribution in [1.82, 2.24) is 9.47 Å². The van der Waals surface area contributed by atoms with Crippen LogP contribution in [0.5, 0.6) is 5.75 Å². The maximum absolute atomic E-state index is 13.2. The molecule has 5 rings (SSSR count). The third-order valence-corrected chi connectivity index (χ3v) is 7.50. The molecule has 1 aromatic heterocycles. The summed E-state index contributed by atoms with van der Waals surface area (Å²) in [6.07, 6.45) is 4.03. The number of halogens is 1. The van der Waals surface area contributed by atoms with Crippen LogP contribution in [0, 0.1) is 6.92 Å². The molecule has 0 N–H and O–H groups in total. The van der Waals surface area contributed by atoms with Gasteiger partial charge in [-0.15, -0.1) is 0 Å². The summed E-state index contributed by atoms with van der Waals surface area (Å²) in [5.74, 6) is 0.774. The van der Waals surface area contributed by atoms with Crippen molar-refractivity contribution >= 4 is 62.8 Å². The summed E-state index contributed by atoms with van der Waals surface area (Å²) in [5, 5.41) is 1.79. The minimum Gasteiger partial charge on any atom is -0.491 e. The largest absolute Gasteiger partial charge is 0.491 e. The molecule has 4 nitrogen and oxygen atoms in total. The highest BCUT2D eigenvalue weighted by Gasteiger charge is 2.32. The highest BCUT2D eigenvalue weighted by molar-refractivity contribution is 8.26. The maximum atomic E-state index is 13.2. The Balaban J connectivity index is 1.36. The van der Waals surface area contributed by atoms with Gasteiger partial charge in [-0.3, -0.25) is 9.69 Å². The average molecular weight is 519 g/mol. The van der Waals surface area contributed by atoms with Crippen LogP contribution >= 0.6 is 35.6 Å². The smallest absolute Gasteiger partial charge is 0.266 e. The molecule has 176 valence electrons. The zero-order valence-electron chi connectivity index (χ0n) is 19.1. The number of aryl methyl sites for hydroxylation is 1. The molecule has 1 aliphatic heterocycles. The van der Waals surface area contributed by atoms with Crippen LogP contribution in [-0.4, -0.2) is 26.3 Å². The quantitative estimate of drug-likeness (QED) is 0.193. The van der Waals surface area contributed by atoms with Crippen LogP contribution in [0.1, 0.15) is 16.7 Å². The van der Waals surface area contributed by atoms with E-state index in [1.54, 1.807) is 4.90 Å². The second-order valence-electron chi connectivity index (χ2n) is 8.31. The lowest BCUT2D eigenvalue weighted by Crippen LogP contribution is -2.27. The Labute approximate surface area is 219 Å². The van der Waals surface area contributed by atoms with Gasteiger partial charge in [-0.25, -0.2) is 0 Å². The van der Waals surface area contributed by atoms with E-state index in [1.807, 2.05) is 73.7 Å². The number of ether oxygens (including phenoxy) is 1. The van der Waals surface area contributed by atoms with Gasteiger partial charge in [0.25, 0.3) is 5.91 Å². The molecule has 1 amide bonds. The first kappa shape index (κ1) is 23.7. The van der Waals surface area contributed by atoms with Gasteiger partial charge in [0.05, 0.1) is 18.0 Å². The Morgan fingerprint density at radius 1 is 1.06 bits per heavy atom. The Hall–Kier alpha value is -3.06. The molecule has 2 heterocycles. The van der Waals surface area contributed by atoms with E-state index in [0.717, 1.165) is 33.3 Å². The van der Waals surface area contributed by atoms with Crippen LogP contribution in [-0.2, 0) is 17.9 Å². The number of thioether (sulfide) groups is 1. The lowest BCUT2D eigenvalue weighted by atomic mass is 10.1. The lowest BCUT2D eigenvalue weighted by Gasteiger charge is -2.14. The van der Waals surface area contributed by atoms with E-state index < -0.39 is 0 Å². The summed E-state index contributed by atoms with van der Waals surface area (Å²) < 4.78 is 8.76. The molecule has 0 saturated carbocycles. The first-order valence-electron chi connectivity index (χ1n) is 11.3. The van der Waals surface area contributed by atoms with Crippen LogP contribution in [0.15, 0.2) is 83.9 Å². The number of thiocarbonyl (C=S) groups is 1. The number of rotatable bonds is 7. The number of fused-ring (bicyclic) bond motifs is 1.